The van der Waals surface area contributed by atoms with E-state index in [0.29, 0.717) is 43.6 Å². The Morgan fingerprint density at radius 2 is 1.10 bits per heavy atom. The Bertz CT molecular complexity index is 1100. The minimum absolute atomic E-state index is 0.183. The summed E-state index contributed by atoms with van der Waals surface area (Å²) in [5.41, 5.74) is -3.51. The molecule has 0 spiro atoms. The molecule has 0 amide bonds. The molecule has 226 valence electrons. The van der Waals surface area contributed by atoms with Gasteiger partial charge in [-0.2, -0.15) is 0 Å². The summed E-state index contributed by atoms with van der Waals surface area (Å²) in [6.45, 7) is 13.8. The van der Waals surface area contributed by atoms with Crippen LogP contribution in [0, 0.1) is 21.7 Å². The summed E-state index contributed by atoms with van der Waals surface area (Å²) in [7, 11) is 0. The van der Waals surface area contributed by atoms with E-state index in [1.54, 1.807) is 67.5 Å². The van der Waals surface area contributed by atoms with E-state index in [2.05, 4.69) is 12.6 Å². The Balaban J connectivity index is 2.16. The fourth-order valence-corrected chi connectivity index (χ4v) is 6.17. The molecule has 2 aliphatic heterocycles. The molecule has 0 aromatic rings. The molecule has 2 N–H and O–H groups in total. The maximum atomic E-state index is 13.4. The molecule has 0 aromatic heterocycles. The highest BCUT2D eigenvalue weighted by molar-refractivity contribution is 7.82. The zero-order chi connectivity index (χ0) is 30.9. The standard InChI is InChI=1S/C30H46O8S2/c1-25(2,23(33)34)13-9-11-19-17-27(5,6)22(32)30(40,37-19)16-12-20-18-28(7,8)21(31)29(39,38-20)15-10-14-26(3,4)24(35)36/h17-18,39-40H,9-16H2,1-8H3,(H,33,34)(H,35,36). The molecule has 2 heterocycles. The number of aliphatic carboxylic acids is 2. The Morgan fingerprint density at radius 1 is 0.725 bits per heavy atom. The number of thiol groups is 2. The van der Waals surface area contributed by atoms with Crippen molar-refractivity contribution in [1.29, 1.82) is 0 Å². The van der Waals surface area contributed by atoms with Crippen LogP contribution in [0.15, 0.2) is 23.7 Å². The molecule has 2 atom stereocenters. The van der Waals surface area contributed by atoms with Gasteiger partial charge in [-0.3, -0.25) is 19.2 Å². The highest BCUT2D eigenvalue weighted by Gasteiger charge is 2.51. The zero-order valence-corrected chi connectivity index (χ0v) is 26.8. The van der Waals surface area contributed by atoms with Gasteiger partial charge in [0.1, 0.15) is 0 Å². The second-order valence-corrected chi connectivity index (χ2v) is 15.1. The van der Waals surface area contributed by atoms with Gasteiger partial charge in [0.05, 0.1) is 22.3 Å². The largest absolute Gasteiger partial charge is 0.481 e. The lowest BCUT2D eigenvalue weighted by molar-refractivity contribution is -0.148. The number of carboxylic acid groups (broad SMARTS) is 2. The average molecular weight is 599 g/mol. The van der Waals surface area contributed by atoms with Gasteiger partial charge in [-0.25, -0.2) is 0 Å². The molecule has 0 bridgehead atoms. The van der Waals surface area contributed by atoms with Crippen LogP contribution in [0.1, 0.15) is 107 Å². The number of ether oxygens (including phenoxy) is 2. The van der Waals surface area contributed by atoms with Gasteiger partial charge < -0.3 is 19.7 Å². The van der Waals surface area contributed by atoms with E-state index in [0.717, 1.165) is 0 Å². The van der Waals surface area contributed by atoms with Gasteiger partial charge >= 0.3 is 11.9 Å². The van der Waals surface area contributed by atoms with E-state index >= 15 is 0 Å². The maximum Gasteiger partial charge on any atom is 0.309 e. The molecule has 0 aromatic carbocycles. The number of carbonyl (C=O) groups excluding carboxylic acids is 2. The summed E-state index contributed by atoms with van der Waals surface area (Å²) in [6.07, 6.45) is 6.50. The fourth-order valence-electron chi connectivity index (χ4n) is 5.08. The van der Waals surface area contributed by atoms with Crippen molar-refractivity contribution in [3.05, 3.63) is 23.7 Å². The minimum atomic E-state index is -1.43. The first-order chi connectivity index (χ1) is 18.0. The topological polar surface area (TPSA) is 127 Å². The predicted molar refractivity (Wildman–Crippen MR) is 159 cm³/mol. The Labute approximate surface area is 249 Å². The summed E-state index contributed by atoms with van der Waals surface area (Å²) in [5, 5.41) is 18.8. The molecule has 8 nitrogen and oxygen atoms in total. The average Bonchev–Trinajstić information content (AvgIpc) is 2.79. The van der Waals surface area contributed by atoms with Crippen LogP contribution in [0.2, 0.25) is 0 Å². The molecular weight excluding hydrogens is 552 g/mol. The summed E-state index contributed by atoms with van der Waals surface area (Å²) < 4.78 is 12.3. The van der Waals surface area contributed by atoms with Crippen LogP contribution in [0.4, 0.5) is 0 Å². The number of allylic oxidation sites excluding steroid dienone is 4. The third-order valence-corrected chi connectivity index (χ3v) is 8.97. The van der Waals surface area contributed by atoms with Gasteiger partial charge in [-0.1, -0.05) is 0 Å². The number of hydrogen-bond donors (Lipinski definition) is 4. The van der Waals surface area contributed by atoms with Crippen molar-refractivity contribution >= 4 is 48.8 Å². The van der Waals surface area contributed by atoms with Gasteiger partial charge in [0.25, 0.3) is 0 Å². The first-order valence-electron chi connectivity index (χ1n) is 13.8. The van der Waals surface area contributed by atoms with Gasteiger partial charge in [0, 0.05) is 36.5 Å². The monoisotopic (exact) mass is 598 g/mol. The van der Waals surface area contributed by atoms with Gasteiger partial charge in [-0.05, 0) is 93.2 Å². The Hall–Kier alpha value is -1.94. The lowest BCUT2D eigenvalue weighted by Gasteiger charge is -2.42. The van der Waals surface area contributed by atoms with Crippen LogP contribution in [-0.4, -0.2) is 43.6 Å². The Kier molecular flexibility index (Phi) is 10.1. The quantitative estimate of drug-likeness (QED) is 0.175. The van der Waals surface area contributed by atoms with E-state index in [1.807, 2.05) is 0 Å². The van der Waals surface area contributed by atoms with Gasteiger partial charge in [-0.15, -0.1) is 25.3 Å². The van der Waals surface area contributed by atoms with E-state index in [9.17, 15) is 29.4 Å². The molecule has 2 rings (SSSR count). The number of ketones is 2. The van der Waals surface area contributed by atoms with Crippen molar-refractivity contribution in [3.8, 4) is 0 Å². The normalized spacial score (nSPS) is 26.4. The fraction of sp³-hybridized carbons (Fsp3) is 0.733. The number of hydrogen-bond acceptors (Lipinski definition) is 8. The van der Waals surface area contributed by atoms with Crippen LogP contribution in [0.3, 0.4) is 0 Å². The van der Waals surface area contributed by atoms with Crippen LogP contribution < -0.4 is 0 Å². The predicted octanol–water partition coefficient (Wildman–Crippen LogP) is 6.60. The third-order valence-electron chi connectivity index (χ3n) is 7.93. The van der Waals surface area contributed by atoms with E-state index in [4.69, 9.17) is 22.1 Å². The molecule has 10 heteroatoms. The van der Waals surface area contributed by atoms with Crippen LogP contribution in [-0.2, 0) is 28.7 Å². The second-order valence-electron chi connectivity index (χ2n) is 13.7. The number of carbonyl (C=O) groups is 4. The molecule has 0 saturated carbocycles. The minimum Gasteiger partial charge on any atom is -0.481 e. The molecular formula is C30H46O8S2. The molecule has 40 heavy (non-hydrogen) atoms. The Morgan fingerprint density at radius 3 is 1.52 bits per heavy atom. The second kappa shape index (κ2) is 11.7. The third kappa shape index (κ3) is 7.87. The van der Waals surface area contributed by atoms with Crippen LogP contribution >= 0.6 is 25.3 Å². The van der Waals surface area contributed by atoms with Crippen molar-refractivity contribution in [3.63, 3.8) is 0 Å². The van der Waals surface area contributed by atoms with Gasteiger partial charge in [0.2, 0.25) is 9.87 Å². The van der Waals surface area contributed by atoms with Crippen molar-refractivity contribution in [2.24, 2.45) is 21.7 Å². The molecule has 0 saturated heterocycles. The van der Waals surface area contributed by atoms with Crippen molar-refractivity contribution < 1.29 is 38.9 Å². The highest BCUT2D eigenvalue weighted by atomic mass is 32.1. The first-order valence-corrected chi connectivity index (χ1v) is 14.7. The van der Waals surface area contributed by atoms with E-state index < -0.39 is 43.5 Å². The van der Waals surface area contributed by atoms with Crippen LogP contribution in [0.5, 0.6) is 0 Å². The zero-order valence-electron chi connectivity index (χ0n) is 25.0. The number of rotatable bonds is 13. The SMILES string of the molecule is CC1(C)C=C(CCC2(S)OC(CCCC(C)(C)C(=O)O)=CC(C)(C)C2=O)OC(S)(CCCC(C)(C)C(=O)O)C1=O. The summed E-state index contributed by atoms with van der Waals surface area (Å²) >= 11 is 9.36. The number of carboxylic acids is 2. The lowest BCUT2D eigenvalue weighted by Crippen LogP contribution is -2.48. The van der Waals surface area contributed by atoms with E-state index in [-0.39, 0.29) is 30.8 Å². The molecule has 0 fully saturated rings. The molecule has 2 unspecified atom stereocenters. The summed E-state index contributed by atoms with van der Waals surface area (Å²) in [5.74, 6) is -1.08. The summed E-state index contributed by atoms with van der Waals surface area (Å²) in [4.78, 5) is 46.8. The molecule has 2 aliphatic rings. The first kappa shape index (κ1) is 34.3. The van der Waals surface area contributed by atoms with Gasteiger partial charge in [0.15, 0.2) is 11.6 Å². The van der Waals surface area contributed by atoms with Crippen molar-refractivity contribution in [2.45, 2.75) is 117 Å². The maximum absolute atomic E-state index is 13.4. The summed E-state index contributed by atoms with van der Waals surface area (Å²) in [6, 6.07) is 0. The van der Waals surface area contributed by atoms with Crippen molar-refractivity contribution in [1.82, 2.24) is 0 Å². The van der Waals surface area contributed by atoms with Crippen LogP contribution in [0.25, 0.3) is 0 Å². The smallest absolute Gasteiger partial charge is 0.309 e. The lowest BCUT2D eigenvalue weighted by atomic mass is 9.78. The van der Waals surface area contributed by atoms with E-state index in [1.165, 1.54) is 0 Å². The molecule has 0 aliphatic carbocycles. The number of Topliss-reactive ketones (excluding diaryl/α,β-unsaturated/α-hetero) is 2. The molecule has 0 radical (unpaired) electrons. The van der Waals surface area contributed by atoms with Crippen molar-refractivity contribution in [2.75, 3.05) is 0 Å². The highest BCUT2D eigenvalue weighted by Crippen LogP contribution is 2.46.